The molecule has 0 aromatic heterocycles. The van der Waals surface area contributed by atoms with Gasteiger partial charge in [-0.05, 0) is 35.4 Å². The Labute approximate surface area is 114 Å². The second-order valence-corrected chi connectivity index (χ2v) is 7.37. The molecule has 1 N–H and O–H groups in total. The summed E-state index contributed by atoms with van der Waals surface area (Å²) in [7, 11) is -1.77. The van der Waals surface area contributed by atoms with Gasteiger partial charge in [0.2, 0.25) is 5.90 Å². The van der Waals surface area contributed by atoms with Gasteiger partial charge in [0.15, 0.2) is 0 Å². The monoisotopic (exact) mass is 275 g/mol. The fourth-order valence-corrected chi connectivity index (χ4v) is 4.52. The first kappa shape index (κ1) is 12.5. The van der Waals surface area contributed by atoms with Gasteiger partial charge >= 0.3 is 0 Å². The molecule has 0 aliphatic carbocycles. The summed E-state index contributed by atoms with van der Waals surface area (Å²) < 4.78 is 16.1. The summed E-state index contributed by atoms with van der Waals surface area (Å²) in [6, 6.07) is 9.94. The van der Waals surface area contributed by atoms with Crippen molar-refractivity contribution in [1.29, 1.82) is 0 Å². The summed E-state index contributed by atoms with van der Waals surface area (Å²) in [5.41, 5.74) is 2.13. The molecule has 3 rings (SSSR count). The van der Waals surface area contributed by atoms with Gasteiger partial charge in [0.1, 0.15) is 6.61 Å². The molecule has 0 bridgehead atoms. The van der Waals surface area contributed by atoms with E-state index in [-0.39, 0.29) is 6.04 Å². The van der Waals surface area contributed by atoms with Crippen LogP contribution in [0.25, 0.3) is 0 Å². The van der Waals surface area contributed by atoms with Crippen LogP contribution in [-0.2, 0) is 4.74 Å². The molecule has 0 saturated heterocycles. The maximum Gasteiger partial charge on any atom is 0.216 e. The van der Waals surface area contributed by atoms with Crippen molar-refractivity contribution >= 4 is 16.2 Å². The molecule has 0 fully saturated rings. The first-order valence-electron chi connectivity index (χ1n) is 6.31. The Morgan fingerprint density at radius 3 is 2.84 bits per heavy atom. The van der Waals surface area contributed by atoms with Crippen molar-refractivity contribution in [3.63, 3.8) is 0 Å². The molecule has 0 amide bonds. The fourth-order valence-electron chi connectivity index (χ4n) is 2.28. The van der Waals surface area contributed by atoms with Crippen LogP contribution < -0.4 is 0 Å². The number of hydrogen-bond acceptors (Lipinski definition) is 3. The Morgan fingerprint density at radius 1 is 1.37 bits per heavy atom. The van der Waals surface area contributed by atoms with Gasteiger partial charge in [-0.2, -0.15) is 0 Å². The van der Waals surface area contributed by atoms with Crippen molar-refractivity contribution in [1.82, 2.24) is 0 Å². The summed E-state index contributed by atoms with van der Waals surface area (Å²) in [5, 5.41) is 3.88. The minimum Gasteiger partial charge on any atom is -0.475 e. The first-order valence-corrected chi connectivity index (χ1v) is 8.19. The number of ether oxygens (including phenoxy) is 1. The molecular formula is C15H17NO2S. The number of hydrogen-bond donors (Lipinski definition) is 1. The molecule has 1 aromatic rings. The Hall–Kier alpha value is -1.52. The predicted molar refractivity (Wildman–Crippen MR) is 80.7 cm³/mol. The van der Waals surface area contributed by atoms with Gasteiger partial charge in [0, 0.05) is 11.3 Å². The van der Waals surface area contributed by atoms with E-state index in [0.29, 0.717) is 18.3 Å². The molecular weight excluding hydrogens is 258 g/mol. The quantitative estimate of drug-likeness (QED) is 0.916. The third-order valence-electron chi connectivity index (χ3n) is 3.15. The molecule has 3 nitrogen and oxygen atoms in total. The number of allylic oxidation sites excluding steroid dienone is 2. The molecule has 2 heterocycles. The third kappa shape index (κ3) is 2.74. The maximum absolute atomic E-state index is 10.5. The maximum atomic E-state index is 10.5. The van der Waals surface area contributed by atoms with E-state index in [1.165, 1.54) is 0 Å². The first-order chi connectivity index (χ1) is 9.15. The van der Waals surface area contributed by atoms with Crippen LogP contribution in [0.1, 0.15) is 12.5 Å². The number of rotatable bonds is 3. The van der Waals surface area contributed by atoms with Crippen molar-refractivity contribution in [2.24, 2.45) is 4.99 Å². The summed E-state index contributed by atoms with van der Waals surface area (Å²) in [4.78, 5) is 4.58. The van der Waals surface area contributed by atoms with Crippen molar-refractivity contribution in [3.05, 3.63) is 58.4 Å². The highest BCUT2D eigenvalue weighted by Gasteiger charge is 2.28. The minimum absolute atomic E-state index is 0.0435. The predicted octanol–water partition coefficient (Wildman–Crippen LogP) is 3.54. The van der Waals surface area contributed by atoms with Gasteiger partial charge in [-0.3, -0.25) is 0 Å². The van der Waals surface area contributed by atoms with Crippen molar-refractivity contribution < 1.29 is 9.29 Å². The summed E-state index contributed by atoms with van der Waals surface area (Å²) in [5.74, 6) is 1.34. The zero-order valence-electron chi connectivity index (χ0n) is 10.8. The average Bonchev–Trinajstić information content (AvgIpc) is 2.98. The molecule has 1 unspecified atom stereocenters. The zero-order chi connectivity index (χ0) is 13.3. The SMILES string of the molecule is CC1=CS(O)(C[C@H]2COC(c3ccccc3)=N2)C=C1. The second-order valence-electron chi connectivity index (χ2n) is 4.91. The molecule has 2 aliphatic heterocycles. The van der Waals surface area contributed by atoms with E-state index in [4.69, 9.17) is 4.74 Å². The molecule has 0 saturated carbocycles. The molecule has 4 heteroatoms. The van der Waals surface area contributed by atoms with E-state index in [9.17, 15) is 4.55 Å². The van der Waals surface area contributed by atoms with E-state index in [1.807, 2.05) is 54.1 Å². The zero-order valence-corrected chi connectivity index (χ0v) is 11.6. The minimum atomic E-state index is -1.77. The van der Waals surface area contributed by atoms with Crippen molar-refractivity contribution in [2.75, 3.05) is 12.4 Å². The lowest BCUT2D eigenvalue weighted by Crippen LogP contribution is -2.15. The lowest BCUT2D eigenvalue weighted by atomic mass is 10.2. The highest BCUT2D eigenvalue weighted by Crippen LogP contribution is 2.52. The Balaban J connectivity index is 1.72. The molecule has 19 heavy (non-hydrogen) atoms. The van der Waals surface area contributed by atoms with E-state index in [2.05, 4.69) is 4.99 Å². The molecule has 2 aliphatic rings. The van der Waals surface area contributed by atoms with Crippen LogP contribution in [0, 0.1) is 0 Å². The van der Waals surface area contributed by atoms with Gasteiger partial charge < -0.3 is 9.29 Å². The van der Waals surface area contributed by atoms with E-state index in [1.54, 1.807) is 0 Å². The lowest BCUT2D eigenvalue weighted by molar-refractivity contribution is 0.324. The van der Waals surface area contributed by atoms with Gasteiger partial charge in [0.05, 0.1) is 6.04 Å². The third-order valence-corrected chi connectivity index (χ3v) is 5.46. The summed E-state index contributed by atoms with van der Waals surface area (Å²) in [6.07, 6.45) is 1.98. The highest BCUT2D eigenvalue weighted by atomic mass is 32.3. The van der Waals surface area contributed by atoms with Gasteiger partial charge in [-0.1, -0.05) is 34.6 Å². The number of nitrogens with zero attached hydrogens (tertiary/aromatic N) is 1. The molecule has 0 radical (unpaired) electrons. The summed E-state index contributed by atoms with van der Waals surface area (Å²) >= 11 is 0. The van der Waals surface area contributed by atoms with Crippen LogP contribution in [0.5, 0.6) is 0 Å². The molecule has 1 aromatic carbocycles. The Bertz CT molecular complexity index is 565. The number of aliphatic imine (C=N–C) groups is 1. The Morgan fingerprint density at radius 2 is 2.16 bits per heavy atom. The normalized spacial score (nSPS) is 32.4. The van der Waals surface area contributed by atoms with Crippen LogP contribution >= 0.6 is 10.3 Å². The average molecular weight is 275 g/mol. The van der Waals surface area contributed by atoms with Crippen LogP contribution in [0.3, 0.4) is 0 Å². The smallest absolute Gasteiger partial charge is 0.216 e. The van der Waals surface area contributed by atoms with Crippen molar-refractivity contribution in [2.45, 2.75) is 13.0 Å². The highest BCUT2D eigenvalue weighted by molar-refractivity contribution is 8.34. The van der Waals surface area contributed by atoms with E-state index >= 15 is 0 Å². The standard InChI is InChI=1S/C15H17NO2S/c1-12-7-8-19(17,10-12)11-14-9-18-15(16-14)13-5-3-2-4-6-13/h2-8,10,14,17H,9,11H2,1H3/t14-/m1/s1. The molecule has 100 valence electrons. The largest absolute Gasteiger partial charge is 0.475 e. The Kier molecular flexibility index (Phi) is 3.21. The van der Waals surface area contributed by atoms with Crippen LogP contribution in [0.4, 0.5) is 0 Å². The fraction of sp³-hybridized carbons (Fsp3) is 0.267. The molecule has 2 atom stereocenters. The lowest BCUT2D eigenvalue weighted by Gasteiger charge is -2.25. The van der Waals surface area contributed by atoms with Gasteiger partial charge in [0.25, 0.3) is 0 Å². The van der Waals surface area contributed by atoms with E-state index < -0.39 is 10.3 Å². The number of benzene rings is 1. The van der Waals surface area contributed by atoms with Gasteiger partial charge in [-0.15, -0.1) is 0 Å². The topological polar surface area (TPSA) is 41.8 Å². The van der Waals surface area contributed by atoms with Crippen LogP contribution in [-0.4, -0.2) is 28.9 Å². The van der Waals surface area contributed by atoms with Crippen molar-refractivity contribution in [3.8, 4) is 0 Å². The summed E-state index contributed by atoms with van der Waals surface area (Å²) in [6.45, 7) is 2.56. The van der Waals surface area contributed by atoms with Crippen LogP contribution in [0.15, 0.2) is 57.8 Å². The molecule has 0 spiro atoms. The van der Waals surface area contributed by atoms with Crippen LogP contribution in [0.2, 0.25) is 0 Å². The second kappa shape index (κ2) is 4.87. The van der Waals surface area contributed by atoms with Gasteiger partial charge in [-0.25, -0.2) is 4.99 Å². The van der Waals surface area contributed by atoms with E-state index in [0.717, 1.165) is 11.1 Å².